The van der Waals surface area contributed by atoms with Gasteiger partial charge in [0, 0.05) is 35.8 Å². The van der Waals surface area contributed by atoms with Crippen molar-refractivity contribution in [3.8, 4) is 11.5 Å². The first-order valence-electron chi connectivity index (χ1n) is 7.62. The Balaban J connectivity index is 2.11. The molecule has 0 aliphatic heterocycles. The molecule has 0 aliphatic rings. The zero-order valence-corrected chi connectivity index (χ0v) is 13.7. The Hall–Kier alpha value is -2.63. The summed E-state index contributed by atoms with van der Waals surface area (Å²) in [6.07, 6.45) is 4.42. The Morgan fingerprint density at radius 1 is 1.08 bits per heavy atom. The predicted molar refractivity (Wildman–Crippen MR) is 87.7 cm³/mol. The zero-order chi connectivity index (χ0) is 17.3. The highest BCUT2D eigenvalue weighted by atomic mass is 19.1. The fourth-order valence-corrected chi connectivity index (χ4v) is 2.72. The van der Waals surface area contributed by atoms with Gasteiger partial charge in [0.15, 0.2) is 23.1 Å². The van der Waals surface area contributed by atoms with Gasteiger partial charge in [-0.25, -0.2) is 13.8 Å². The Bertz CT molecular complexity index is 862. The number of aromatic nitrogens is 2. The molecule has 0 amide bonds. The summed E-state index contributed by atoms with van der Waals surface area (Å²) in [5, 5.41) is 0.856. The van der Waals surface area contributed by atoms with Crippen LogP contribution in [0, 0.1) is 11.6 Å². The molecule has 1 N–H and O–H groups in total. The number of hydrogen-bond acceptors (Lipinski definition) is 3. The molecule has 1 aromatic carbocycles. The lowest BCUT2D eigenvalue weighted by Gasteiger charge is -2.12. The van der Waals surface area contributed by atoms with Gasteiger partial charge in [-0.3, -0.25) is 0 Å². The van der Waals surface area contributed by atoms with Crippen molar-refractivity contribution in [2.45, 2.75) is 19.8 Å². The normalized spacial score (nSPS) is 11.0. The van der Waals surface area contributed by atoms with E-state index in [0.717, 1.165) is 22.9 Å². The van der Waals surface area contributed by atoms with Crippen LogP contribution in [-0.4, -0.2) is 24.2 Å². The molecule has 2 heterocycles. The molecule has 24 heavy (non-hydrogen) atoms. The second kappa shape index (κ2) is 6.47. The first kappa shape index (κ1) is 16.2. The highest BCUT2D eigenvalue weighted by molar-refractivity contribution is 5.80. The Kier molecular flexibility index (Phi) is 4.38. The lowest BCUT2D eigenvalue weighted by atomic mass is 10.0. The fraction of sp³-hybridized carbons (Fsp3) is 0.278. The Labute approximate surface area is 138 Å². The van der Waals surface area contributed by atoms with E-state index in [1.165, 1.54) is 20.3 Å². The highest BCUT2D eigenvalue weighted by Gasteiger charge is 2.21. The summed E-state index contributed by atoms with van der Waals surface area (Å²) in [5.74, 6) is -1.53. The van der Waals surface area contributed by atoms with Crippen molar-refractivity contribution < 1.29 is 18.3 Å². The van der Waals surface area contributed by atoms with Crippen LogP contribution in [0.15, 0.2) is 24.5 Å². The van der Waals surface area contributed by atoms with Crippen molar-refractivity contribution in [1.29, 1.82) is 0 Å². The molecule has 4 nitrogen and oxygen atoms in total. The minimum absolute atomic E-state index is 0.0459. The maximum absolute atomic E-state index is 14.5. The molecule has 0 fully saturated rings. The van der Waals surface area contributed by atoms with Gasteiger partial charge in [-0.05, 0) is 23.6 Å². The third-order valence-electron chi connectivity index (χ3n) is 4.11. The molecule has 0 spiro atoms. The van der Waals surface area contributed by atoms with E-state index in [0.29, 0.717) is 5.65 Å². The average Bonchev–Trinajstić information content (AvgIpc) is 3.00. The second-order valence-corrected chi connectivity index (χ2v) is 5.47. The number of nitrogens with zero attached hydrogens (tertiary/aromatic N) is 1. The molecule has 0 unspecified atom stereocenters. The number of aromatic amines is 1. The smallest absolute Gasteiger partial charge is 0.171 e. The highest BCUT2D eigenvalue weighted by Crippen LogP contribution is 2.33. The van der Waals surface area contributed by atoms with Crippen molar-refractivity contribution >= 4 is 11.0 Å². The van der Waals surface area contributed by atoms with Crippen LogP contribution in [-0.2, 0) is 12.8 Å². The first-order valence-corrected chi connectivity index (χ1v) is 7.62. The third kappa shape index (κ3) is 2.68. The SMILES string of the molecule is CCc1cnc2[nH]cc(Cc3c(F)c(OC)cc(OC)c3F)c2c1. The van der Waals surface area contributed by atoms with Crippen molar-refractivity contribution in [3.63, 3.8) is 0 Å². The molecule has 0 atom stereocenters. The number of halogens is 2. The molecule has 0 bridgehead atoms. The largest absolute Gasteiger partial charge is 0.494 e. The van der Waals surface area contributed by atoms with Gasteiger partial charge in [-0.2, -0.15) is 0 Å². The molecular weight excluding hydrogens is 314 g/mol. The van der Waals surface area contributed by atoms with Crippen LogP contribution in [0.25, 0.3) is 11.0 Å². The standard InChI is InChI=1S/C18H18F2N2O2/c1-4-10-5-12-11(9-22-18(12)21-8-10)6-13-16(19)14(23-2)7-15(24-3)17(13)20/h5,7-9H,4,6H2,1-3H3,(H,21,22). The quantitative estimate of drug-likeness (QED) is 0.768. The van der Waals surface area contributed by atoms with Crippen LogP contribution in [0.5, 0.6) is 11.5 Å². The van der Waals surface area contributed by atoms with Crippen molar-refractivity contribution in [1.82, 2.24) is 9.97 Å². The third-order valence-corrected chi connectivity index (χ3v) is 4.11. The van der Waals surface area contributed by atoms with E-state index in [1.807, 2.05) is 13.0 Å². The number of hydrogen-bond donors (Lipinski definition) is 1. The summed E-state index contributed by atoms with van der Waals surface area (Å²) >= 11 is 0. The van der Waals surface area contributed by atoms with Gasteiger partial charge in [0.25, 0.3) is 0 Å². The number of benzene rings is 1. The molecule has 3 rings (SSSR count). The zero-order valence-electron chi connectivity index (χ0n) is 13.7. The fourth-order valence-electron chi connectivity index (χ4n) is 2.72. The Morgan fingerprint density at radius 3 is 2.33 bits per heavy atom. The number of aryl methyl sites for hydroxylation is 1. The molecule has 126 valence electrons. The van der Waals surface area contributed by atoms with E-state index >= 15 is 0 Å². The lowest BCUT2D eigenvalue weighted by molar-refractivity contribution is 0.354. The molecule has 3 aromatic rings. The number of ether oxygens (including phenoxy) is 2. The van der Waals surface area contributed by atoms with Crippen LogP contribution >= 0.6 is 0 Å². The van der Waals surface area contributed by atoms with Crippen molar-refractivity contribution in [3.05, 3.63) is 52.9 Å². The summed E-state index contributed by atoms with van der Waals surface area (Å²) in [4.78, 5) is 7.37. The van der Waals surface area contributed by atoms with Crippen molar-refractivity contribution in [2.75, 3.05) is 14.2 Å². The van der Waals surface area contributed by atoms with Gasteiger partial charge in [-0.1, -0.05) is 6.92 Å². The average molecular weight is 332 g/mol. The number of fused-ring (bicyclic) bond motifs is 1. The van der Waals surface area contributed by atoms with E-state index in [9.17, 15) is 8.78 Å². The first-order chi connectivity index (χ1) is 11.6. The monoisotopic (exact) mass is 332 g/mol. The molecule has 2 aromatic heterocycles. The molecule has 0 aliphatic carbocycles. The molecule has 6 heteroatoms. The van der Waals surface area contributed by atoms with E-state index < -0.39 is 11.6 Å². The summed E-state index contributed by atoms with van der Waals surface area (Å²) in [5.41, 5.74) is 2.43. The van der Waals surface area contributed by atoms with E-state index in [4.69, 9.17) is 9.47 Å². The summed E-state index contributed by atoms with van der Waals surface area (Å²) in [6.45, 7) is 2.03. The molecule has 0 saturated heterocycles. The summed E-state index contributed by atoms with van der Waals surface area (Å²) in [7, 11) is 2.67. The maximum Gasteiger partial charge on any atom is 0.171 e. The van der Waals surface area contributed by atoms with E-state index in [2.05, 4.69) is 9.97 Å². The van der Waals surface area contributed by atoms with Crippen LogP contribution < -0.4 is 9.47 Å². The number of methoxy groups -OCH3 is 2. The Morgan fingerprint density at radius 2 is 1.75 bits per heavy atom. The van der Waals surface area contributed by atoms with E-state index in [1.54, 1.807) is 12.4 Å². The lowest BCUT2D eigenvalue weighted by Crippen LogP contribution is -2.03. The predicted octanol–water partition coefficient (Wildman–Crippen LogP) is 4.01. The molecule has 0 radical (unpaired) electrons. The number of pyridine rings is 1. The van der Waals surface area contributed by atoms with Crippen LogP contribution in [0.4, 0.5) is 8.78 Å². The van der Waals surface area contributed by atoms with Crippen LogP contribution in [0.2, 0.25) is 0 Å². The van der Waals surface area contributed by atoms with Gasteiger partial charge in [0.2, 0.25) is 0 Å². The topological polar surface area (TPSA) is 47.1 Å². The van der Waals surface area contributed by atoms with E-state index in [-0.39, 0.29) is 23.5 Å². The van der Waals surface area contributed by atoms with Gasteiger partial charge in [-0.15, -0.1) is 0 Å². The summed E-state index contributed by atoms with van der Waals surface area (Å²) < 4.78 is 39.1. The maximum atomic E-state index is 14.5. The van der Waals surface area contributed by atoms with Crippen LogP contribution in [0.3, 0.4) is 0 Å². The minimum atomic E-state index is -0.718. The van der Waals surface area contributed by atoms with Gasteiger partial charge in [0.1, 0.15) is 5.65 Å². The second-order valence-electron chi connectivity index (χ2n) is 5.47. The number of H-pyrrole nitrogens is 1. The minimum Gasteiger partial charge on any atom is -0.494 e. The molecular formula is C18H18F2N2O2. The van der Waals surface area contributed by atoms with Gasteiger partial charge in [0.05, 0.1) is 14.2 Å². The van der Waals surface area contributed by atoms with Crippen molar-refractivity contribution in [2.24, 2.45) is 0 Å². The van der Waals surface area contributed by atoms with Gasteiger partial charge >= 0.3 is 0 Å². The number of rotatable bonds is 5. The summed E-state index contributed by atoms with van der Waals surface area (Å²) in [6, 6.07) is 3.20. The van der Waals surface area contributed by atoms with Gasteiger partial charge < -0.3 is 14.5 Å². The number of nitrogens with one attached hydrogen (secondary N) is 1. The molecule has 0 saturated carbocycles. The van der Waals surface area contributed by atoms with Crippen LogP contribution in [0.1, 0.15) is 23.6 Å².